The fraction of sp³-hybridized carbons (Fsp3) is 0.800. The molecule has 0 aliphatic carbocycles. The van der Waals surface area contributed by atoms with Gasteiger partial charge in [-0.15, -0.1) is 0 Å². The lowest BCUT2D eigenvalue weighted by molar-refractivity contribution is -0.123. The van der Waals surface area contributed by atoms with Crippen molar-refractivity contribution in [3.8, 4) is 0 Å². The lowest BCUT2D eigenvalue weighted by Gasteiger charge is -2.22. The first-order chi connectivity index (χ1) is 39.2. The maximum atomic E-state index is 12.6. The second-order valence-electron chi connectivity index (χ2n) is 23.9. The van der Waals surface area contributed by atoms with Crippen LogP contribution in [-0.4, -0.2) is 34.9 Å². The monoisotopic (exact) mass is 1100 g/mol. The average Bonchev–Trinajstić information content (AvgIpc) is 3.45. The van der Waals surface area contributed by atoms with Crippen molar-refractivity contribution < 1.29 is 15.0 Å². The van der Waals surface area contributed by atoms with Gasteiger partial charge >= 0.3 is 0 Å². The molecule has 2 atom stereocenters. The van der Waals surface area contributed by atoms with Crippen molar-refractivity contribution in [2.24, 2.45) is 0 Å². The number of nitrogens with one attached hydrogen (secondary N) is 1. The van der Waals surface area contributed by atoms with E-state index in [0.29, 0.717) is 12.8 Å². The minimum atomic E-state index is -0.665. The molecule has 0 aromatic rings. The van der Waals surface area contributed by atoms with Crippen molar-refractivity contribution in [3.05, 3.63) is 85.1 Å². The molecule has 0 spiro atoms. The maximum absolute atomic E-state index is 12.6. The Bertz CT molecular complexity index is 1390. The molecule has 0 saturated carbocycles. The lowest BCUT2D eigenvalue weighted by Crippen LogP contribution is -2.45. The summed E-state index contributed by atoms with van der Waals surface area (Å²) in [6.07, 6.45) is 102. The molecule has 2 unspecified atom stereocenters. The zero-order valence-corrected chi connectivity index (χ0v) is 53.1. The molecule has 0 heterocycles. The van der Waals surface area contributed by atoms with Gasteiger partial charge in [-0.05, 0) is 70.6 Å². The number of aliphatic hydroxyl groups is 2. The van der Waals surface area contributed by atoms with Gasteiger partial charge in [-0.25, -0.2) is 0 Å². The molecule has 1 amide bonds. The Morgan fingerprint density at radius 3 is 0.835 bits per heavy atom. The van der Waals surface area contributed by atoms with Gasteiger partial charge in [-0.2, -0.15) is 0 Å². The Kier molecular flexibility index (Phi) is 67.7. The Balaban J connectivity index is 3.45. The molecule has 0 saturated heterocycles. The summed E-state index contributed by atoms with van der Waals surface area (Å²) < 4.78 is 0. The number of hydrogen-bond donors (Lipinski definition) is 3. The second-order valence-corrected chi connectivity index (χ2v) is 23.9. The zero-order chi connectivity index (χ0) is 56.9. The SMILES string of the molecule is CC/C=C\C/C=C\C/C=C\C/C=C\C/C=C\C/C=C\C/C=C\CCCCCCCCCCCCCCCCCC(=O)NC(CO)C(O)CCCCCCCCCCCCCCCCCCCCCCCCCCCCCCCC. The Morgan fingerprint density at radius 1 is 0.316 bits per heavy atom. The molecular formula is C75H137NO3. The zero-order valence-electron chi connectivity index (χ0n) is 53.1. The predicted octanol–water partition coefficient (Wildman–Crippen LogP) is 24.2. The molecular weight excluding hydrogens is 963 g/mol. The number of aliphatic hydroxyl groups excluding tert-OH is 2. The summed E-state index contributed by atoms with van der Waals surface area (Å²) in [6, 6.07) is -0.542. The van der Waals surface area contributed by atoms with Crippen LogP contribution in [0.25, 0.3) is 0 Å². The molecule has 4 nitrogen and oxygen atoms in total. The van der Waals surface area contributed by atoms with Crippen molar-refractivity contribution in [1.82, 2.24) is 5.32 Å². The Morgan fingerprint density at radius 2 is 0.557 bits per heavy atom. The van der Waals surface area contributed by atoms with E-state index >= 15 is 0 Å². The summed E-state index contributed by atoms with van der Waals surface area (Å²) in [6.45, 7) is 4.28. The minimum Gasteiger partial charge on any atom is -0.394 e. The van der Waals surface area contributed by atoms with Gasteiger partial charge in [0.25, 0.3) is 0 Å². The smallest absolute Gasteiger partial charge is 0.220 e. The van der Waals surface area contributed by atoms with Crippen molar-refractivity contribution in [1.29, 1.82) is 0 Å². The minimum absolute atomic E-state index is 0.0283. The van der Waals surface area contributed by atoms with Crippen molar-refractivity contribution in [3.63, 3.8) is 0 Å². The van der Waals surface area contributed by atoms with Crippen LogP contribution in [0, 0.1) is 0 Å². The number of rotatable bonds is 65. The van der Waals surface area contributed by atoms with Crippen molar-refractivity contribution in [2.75, 3.05) is 6.61 Å². The van der Waals surface area contributed by atoms with Gasteiger partial charge in [0.1, 0.15) is 0 Å². The number of carbonyl (C=O) groups is 1. The Labute approximate surface area is 494 Å². The van der Waals surface area contributed by atoms with Crippen molar-refractivity contribution in [2.45, 2.75) is 379 Å². The molecule has 79 heavy (non-hydrogen) atoms. The van der Waals surface area contributed by atoms with Crippen LogP contribution >= 0.6 is 0 Å². The second kappa shape index (κ2) is 69.8. The summed E-state index contributed by atoms with van der Waals surface area (Å²) in [5, 5.41) is 23.5. The third-order valence-electron chi connectivity index (χ3n) is 16.2. The van der Waals surface area contributed by atoms with Crippen LogP contribution < -0.4 is 5.32 Å². The van der Waals surface area contributed by atoms with Gasteiger partial charge in [0, 0.05) is 6.42 Å². The molecule has 460 valence electrons. The number of amides is 1. The first-order valence-electron chi connectivity index (χ1n) is 35.3. The molecule has 0 aliphatic heterocycles. The van der Waals surface area contributed by atoms with E-state index in [1.807, 2.05) is 0 Å². The molecule has 0 bridgehead atoms. The standard InChI is InChI=1S/C75H137NO3/c1-3-5-7-9-11-13-15-17-19-21-23-25-27-29-31-33-35-36-37-38-39-40-41-43-45-47-49-51-53-55-57-59-61-63-65-67-69-71-75(79)76-73(72-77)74(78)70-68-66-64-62-60-58-56-54-52-50-48-46-44-42-34-32-30-28-26-24-22-20-18-16-14-12-10-8-6-4-2/h5,7,11,13,17,19,23,25,29,31,35-36,38-39,73-74,77-78H,3-4,6,8-10,12,14-16,18,20-22,24,26-28,30,32-34,37,40-72H2,1-2H3,(H,76,79)/b7-5-,13-11-,19-17-,25-23-,31-29-,36-35-,39-38-. The largest absolute Gasteiger partial charge is 0.394 e. The van der Waals surface area contributed by atoms with Gasteiger partial charge < -0.3 is 15.5 Å². The highest BCUT2D eigenvalue weighted by Crippen LogP contribution is 2.19. The van der Waals surface area contributed by atoms with E-state index in [2.05, 4.69) is 104 Å². The number of unbranched alkanes of at least 4 members (excludes halogenated alkanes) is 44. The van der Waals surface area contributed by atoms with Crippen LogP contribution in [-0.2, 0) is 4.79 Å². The van der Waals surface area contributed by atoms with Gasteiger partial charge in [0.2, 0.25) is 5.91 Å². The maximum Gasteiger partial charge on any atom is 0.220 e. The highest BCUT2D eigenvalue weighted by atomic mass is 16.3. The summed E-state index contributed by atoms with van der Waals surface area (Å²) in [4.78, 5) is 12.6. The first-order valence-corrected chi connectivity index (χ1v) is 35.3. The fourth-order valence-electron chi connectivity index (χ4n) is 10.9. The van der Waals surface area contributed by atoms with Gasteiger partial charge in [-0.3, -0.25) is 4.79 Å². The van der Waals surface area contributed by atoms with E-state index in [1.165, 1.54) is 270 Å². The summed E-state index contributed by atoms with van der Waals surface area (Å²) in [5.41, 5.74) is 0. The summed E-state index contributed by atoms with van der Waals surface area (Å²) in [7, 11) is 0. The number of allylic oxidation sites excluding steroid dienone is 14. The van der Waals surface area contributed by atoms with Crippen LogP contribution in [0.5, 0.6) is 0 Å². The Hall–Kier alpha value is -2.43. The van der Waals surface area contributed by atoms with Crippen LogP contribution in [0.2, 0.25) is 0 Å². The van der Waals surface area contributed by atoms with E-state index in [4.69, 9.17) is 0 Å². The highest BCUT2D eigenvalue weighted by Gasteiger charge is 2.20. The van der Waals surface area contributed by atoms with E-state index in [9.17, 15) is 15.0 Å². The third-order valence-corrected chi connectivity index (χ3v) is 16.2. The fourth-order valence-corrected chi connectivity index (χ4v) is 10.9. The molecule has 0 aromatic heterocycles. The first kappa shape index (κ1) is 76.6. The predicted molar refractivity (Wildman–Crippen MR) is 354 cm³/mol. The van der Waals surface area contributed by atoms with Crippen LogP contribution in [0.1, 0.15) is 367 Å². The number of carbonyl (C=O) groups excluding carboxylic acids is 1. The van der Waals surface area contributed by atoms with Gasteiger partial charge in [-0.1, -0.05) is 375 Å². The molecule has 0 aliphatic rings. The molecule has 0 aromatic carbocycles. The quantitative estimate of drug-likeness (QED) is 0.0420. The highest BCUT2D eigenvalue weighted by molar-refractivity contribution is 5.76. The van der Waals surface area contributed by atoms with Crippen LogP contribution in [0.4, 0.5) is 0 Å². The van der Waals surface area contributed by atoms with Crippen LogP contribution in [0.15, 0.2) is 85.1 Å². The molecule has 4 heteroatoms. The summed E-state index contributed by atoms with van der Waals surface area (Å²) in [5.74, 6) is -0.0283. The molecule has 3 N–H and O–H groups in total. The third kappa shape index (κ3) is 66.3. The van der Waals surface area contributed by atoms with Gasteiger partial charge in [0.15, 0.2) is 0 Å². The van der Waals surface area contributed by atoms with Gasteiger partial charge in [0.05, 0.1) is 18.8 Å². The van der Waals surface area contributed by atoms with Crippen molar-refractivity contribution >= 4 is 5.91 Å². The lowest BCUT2D eigenvalue weighted by atomic mass is 10.0. The van der Waals surface area contributed by atoms with E-state index in [-0.39, 0.29) is 12.5 Å². The topological polar surface area (TPSA) is 69.6 Å². The van der Waals surface area contributed by atoms with E-state index < -0.39 is 12.1 Å². The summed E-state index contributed by atoms with van der Waals surface area (Å²) >= 11 is 0. The average molecular weight is 1100 g/mol. The van der Waals surface area contributed by atoms with E-state index in [1.54, 1.807) is 0 Å². The molecule has 0 radical (unpaired) electrons. The van der Waals surface area contributed by atoms with Crippen LogP contribution in [0.3, 0.4) is 0 Å². The molecule has 0 rings (SSSR count). The number of hydrogen-bond acceptors (Lipinski definition) is 3. The van der Waals surface area contributed by atoms with E-state index in [0.717, 1.165) is 70.6 Å². The normalized spacial score (nSPS) is 13.2. The molecule has 0 fully saturated rings.